The van der Waals surface area contributed by atoms with Crippen molar-refractivity contribution in [3.63, 3.8) is 0 Å². The van der Waals surface area contributed by atoms with Gasteiger partial charge >= 0.3 is 0 Å². The highest BCUT2D eigenvalue weighted by molar-refractivity contribution is 6.74. The van der Waals surface area contributed by atoms with Crippen molar-refractivity contribution in [2.45, 2.75) is 45.3 Å². The Balaban J connectivity index is 2.16. The Morgan fingerprint density at radius 3 is 2.52 bits per heavy atom. The maximum atomic E-state index is 6.28. The number of hydrogen-bond acceptors (Lipinski definition) is 2. The van der Waals surface area contributed by atoms with Gasteiger partial charge in [-0.05, 0) is 36.7 Å². The summed E-state index contributed by atoms with van der Waals surface area (Å²) in [6.07, 6.45) is 2.66. The molecule has 0 aliphatic heterocycles. The number of benzene rings is 1. The van der Waals surface area contributed by atoms with Gasteiger partial charge in [-0.3, -0.25) is 0 Å². The summed E-state index contributed by atoms with van der Waals surface area (Å²) in [6.45, 7) is 16.0. The Morgan fingerprint density at radius 1 is 1.24 bits per heavy atom. The lowest BCUT2D eigenvalue weighted by molar-refractivity contribution is 0.292. The van der Waals surface area contributed by atoms with Crippen LogP contribution in [0.15, 0.2) is 35.3 Å². The van der Waals surface area contributed by atoms with E-state index in [1.54, 1.807) is 6.08 Å². The lowest BCUT2D eigenvalue weighted by Crippen LogP contribution is -2.41. The fraction of sp³-hybridized carbons (Fsp3) is 0.444. The highest BCUT2D eigenvalue weighted by Gasteiger charge is 2.36. The number of furan rings is 1. The number of fused-ring (bicyclic) bond motifs is 1. The standard InChI is InChI=1S/C18H26O2Si/c1-7-16-15(14-10-8-9-11-17(14)20-16)12-13-19-21(5,6)18(2,3)4/h7-11H,1,12-13H2,2-6H3. The van der Waals surface area contributed by atoms with Crippen LogP contribution in [-0.2, 0) is 10.8 Å². The molecule has 0 bridgehead atoms. The summed E-state index contributed by atoms with van der Waals surface area (Å²) in [5.41, 5.74) is 2.13. The summed E-state index contributed by atoms with van der Waals surface area (Å²) in [5, 5.41) is 1.42. The summed E-state index contributed by atoms with van der Waals surface area (Å²) in [5.74, 6) is 0.870. The average Bonchev–Trinajstić information content (AvgIpc) is 2.75. The van der Waals surface area contributed by atoms with Crippen LogP contribution in [0, 0.1) is 0 Å². The molecule has 0 unspecified atom stereocenters. The minimum absolute atomic E-state index is 0.243. The minimum Gasteiger partial charge on any atom is -0.456 e. The van der Waals surface area contributed by atoms with Gasteiger partial charge in [-0.2, -0.15) is 0 Å². The predicted molar refractivity (Wildman–Crippen MR) is 93.2 cm³/mol. The molecule has 0 atom stereocenters. The van der Waals surface area contributed by atoms with Crippen molar-refractivity contribution in [1.29, 1.82) is 0 Å². The van der Waals surface area contributed by atoms with Crippen LogP contribution in [-0.4, -0.2) is 14.9 Å². The summed E-state index contributed by atoms with van der Waals surface area (Å²) >= 11 is 0. The highest BCUT2D eigenvalue weighted by atomic mass is 28.4. The molecule has 0 N–H and O–H groups in total. The van der Waals surface area contributed by atoms with Gasteiger partial charge in [0.2, 0.25) is 0 Å². The molecule has 3 heteroatoms. The van der Waals surface area contributed by atoms with E-state index in [2.05, 4.69) is 46.5 Å². The molecular formula is C18H26O2Si. The zero-order valence-corrected chi connectivity index (χ0v) is 14.8. The predicted octanol–water partition coefficient (Wildman–Crippen LogP) is 5.64. The molecule has 0 saturated carbocycles. The average molecular weight is 302 g/mol. The molecule has 2 nitrogen and oxygen atoms in total. The topological polar surface area (TPSA) is 22.4 Å². The first-order valence-electron chi connectivity index (χ1n) is 7.53. The number of hydrogen-bond donors (Lipinski definition) is 0. The third-order valence-electron chi connectivity index (χ3n) is 4.54. The molecule has 1 aromatic carbocycles. The maximum absolute atomic E-state index is 6.28. The molecule has 2 aromatic rings. The fourth-order valence-electron chi connectivity index (χ4n) is 2.17. The van der Waals surface area contributed by atoms with Gasteiger partial charge in [0.15, 0.2) is 8.32 Å². The molecule has 114 valence electrons. The van der Waals surface area contributed by atoms with Crippen molar-refractivity contribution in [1.82, 2.24) is 0 Å². The Morgan fingerprint density at radius 2 is 1.90 bits per heavy atom. The van der Waals surface area contributed by atoms with Crippen molar-refractivity contribution in [3.8, 4) is 0 Å². The summed E-state index contributed by atoms with van der Waals surface area (Å²) in [4.78, 5) is 0. The third kappa shape index (κ3) is 3.30. The van der Waals surface area contributed by atoms with Gasteiger partial charge in [0.25, 0.3) is 0 Å². The van der Waals surface area contributed by atoms with Crippen LogP contribution >= 0.6 is 0 Å². The first kappa shape index (κ1) is 16.1. The summed E-state index contributed by atoms with van der Waals surface area (Å²) in [7, 11) is -1.69. The van der Waals surface area contributed by atoms with Gasteiger partial charge < -0.3 is 8.84 Å². The van der Waals surface area contributed by atoms with Crippen molar-refractivity contribution < 1.29 is 8.84 Å². The molecule has 0 amide bonds. The monoisotopic (exact) mass is 302 g/mol. The van der Waals surface area contributed by atoms with E-state index in [-0.39, 0.29) is 5.04 Å². The maximum Gasteiger partial charge on any atom is 0.191 e. The first-order valence-corrected chi connectivity index (χ1v) is 10.4. The lowest BCUT2D eigenvalue weighted by atomic mass is 10.1. The Bertz CT molecular complexity index is 632. The molecule has 1 aromatic heterocycles. The largest absolute Gasteiger partial charge is 0.456 e. The second kappa shape index (κ2) is 5.82. The molecule has 0 radical (unpaired) electrons. The van der Waals surface area contributed by atoms with Gasteiger partial charge in [0, 0.05) is 17.6 Å². The molecule has 0 aliphatic carbocycles. The normalized spacial score (nSPS) is 12.8. The second-order valence-corrected chi connectivity index (χ2v) is 11.8. The Labute approximate surface area is 128 Å². The quantitative estimate of drug-likeness (QED) is 0.667. The van der Waals surface area contributed by atoms with E-state index < -0.39 is 8.32 Å². The van der Waals surface area contributed by atoms with Crippen LogP contribution in [0.5, 0.6) is 0 Å². The van der Waals surface area contributed by atoms with Gasteiger partial charge in [0.05, 0.1) is 0 Å². The number of para-hydroxylation sites is 1. The molecule has 2 rings (SSSR count). The molecular weight excluding hydrogens is 276 g/mol. The highest BCUT2D eigenvalue weighted by Crippen LogP contribution is 2.37. The third-order valence-corrected chi connectivity index (χ3v) is 9.07. The van der Waals surface area contributed by atoms with Crippen LogP contribution in [0.1, 0.15) is 32.1 Å². The number of rotatable bonds is 5. The van der Waals surface area contributed by atoms with Crippen molar-refractivity contribution in [3.05, 3.63) is 42.2 Å². The lowest BCUT2D eigenvalue weighted by Gasteiger charge is -2.36. The van der Waals surface area contributed by atoms with E-state index in [0.717, 1.165) is 24.4 Å². The second-order valence-electron chi connectivity index (χ2n) is 7.00. The van der Waals surface area contributed by atoms with Crippen molar-refractivity contribution in [2.75, 3.05) is 6.61 Å². The van der Waals surface area contributed by atoms with Gasteiger partial charge in [-0.25, -0.2) is 0 Å². The molecule has 0 fully saturated rings. The van der Waals surface area contributed by atoms with Crippen LogP contribution in [0.25, 0.3) is 17.0 Å². The van der Waals surface area contributed by atoms with E-state index in [9.17, 15) is 0 Å². The summed E-state index contributed by atoms with van der Waals surface area (Å²) in [6, 6.07) is 8.14. The molecule has 0 saturated heterocycles. The van der Waals surface area contributed by atoms with Gasteiger partial charge in [-0.1, -0.05) is 45.5 Å². The molecule has 0 spiro atoms. The van der Waals surface area contributed by atoms with Gasteiger partial charge in [0.1, 0.15) is 11.3 Å². The van der Waals surface area contributed by atoms with Crippen LogP contribution < -0.4 is 0 Å². The molecule has 21 heavy (non-hydrogen) atoms. The molecule has 1 heterocycles. The van der Waals surface area contributed by atoms with Crippen molar-refractivity contribution in [2.24, 2.45) is 0 Å². The zero-order chi connectivity index (χ0) is 15.7. The van der Waals surface area contributed by atoms with Crippen LogP contribution in [0.2, 0.25) is 18.1 Å². The van der Waals surface area contributed by atoms with E-state index >= 15 is 0 Å². The van der Waals surface area contributed by atoms with Crippen LogP contribution in [0.3, 0.4) is 0 Å². The fourth-order valence-corrected chi connectivity index (χ4v) is 3.21. The minimum atomic E-state index is -1.69. The summed E-state index contributed by atoms with van der Waals surface area (Å²) < 4.78 is 12.1. The Hall–Kier alpha value is -1.32. The van der Waals surface area contributed by atoms with E-state index in [4.69, 9.17) is 8.84 Å². The van der Waals surface area contributed by atoms with E-state index in [0.29, 0.717) is 0 Å². The molecule has 0 aliphatic rings. The zero-order valence-electron chi connectivity index (χ0n) is 13.8. The van der Waals surface area contributed by atoms with Crippen molar-refractivity contribution >= 4 is 25.4 Å². The smallest absolute Gasteiger partial charge is 0.191 e. The van der Waals surface area contributed by atoms with Gasteiger partial charge in [-0.15, -0.1) is 0 Å². The SMILES string of the molecule is C=Cc1oc2ccccc2c1CCO[Si](C)(C)C(C)(C)C. The van der Waals surface area contributed by atoms with Crippen LogP contribution in [0.4, 0.5) is 0 Å². The van der Waals surface area contributed by atoms with E-state index in [1.807, 2.05) is 18.2 Å². The van der Waals surface area contributed by atoms with E-state index in [1.165, 1.54) is 10.9 Å². The Kier molecular flexibility index (Phi) is 4.45. The first-order chi connectivity index (χ1) is 9.76.